The number of nitrogens with zero attached hydrogens (tertiary/aromatic N) is 5. The van der Waals surface area contributed by atoms with Gasteiger partial charge in [0.05, 0.1) is 24.7 Å². The molecule has 1 aliphatic heterocycles. The monoisotopic (exact) mass is 508 g/mol. The molecule has 0 saturated carbocycles. The van der Waals surface area contributed by atoms with Gasteiger partial charge in [-0.2, -0.15) is 0 Å². The maximum atomic E-state index is 13.4. The van der Waals surface area contributed by atoms with Crippen molar-refractivity contribution in [3.63, 3.8) is 0 Å². The number of nitrogens with one attached hydrogen (secondary N) is 1. The second-order valence-electron chi connectivity index (χ2n) is 9.41. The Hall–Kier alpha value is -3.83. The zero-order valence-electron chi connectivity index (χ0n) is 20.7. The van der Waals surface area contributed by atoms with Crippen LogP contribution >= 0.6 is 0 Å². The van der Waals surface area contributed by atoms with Gasteiger partial charge in [-0.05, 0) is 46.2 Å². The van der Waals surface area contributed by atoms with E-state index in [1.165, 1.54) is 12.1 Å². The van der Waals surface area contributed by atoms with Gasteiger partial charge in [0.2, 0.25) is 0 Å². The fraction of sp³-hybridized carbons (Fsp3) is 0.385. The van der Waals surface area contributed by atoms with Crippen LogP contribution in [-0.2, 0) is 13.1 Å². The van der Waals surface area contributed by atoms with Crippen molar-refractivity contribution in [2.75, 3.05) is 26.4 Å². The molecule has 0 bridgehead atoms. The number of ether oxygens (including phenoxy) is 2. The van der Waals surface area contributed by atoms with Crippen LogP contribution in [0.1, 0.15) is 36.8 Å². The lowest BCUT2D eigenvalue weighted by molar-refractivity contribution is 0.106. The minimum atomic E-state index is -0.310. The molecule has 5 rings (SSSR count). The molecule has 11 heteroatoms. The number of tetrazole rings is 1. The van der Waals surface area contributed by atoms with E-state index in [4.69, 9.17) is 9.47 Å². The van der Waals surface area contributed by atoms with Crippen LogP contribution in [0.4, 0.5) is 4.39 Å². The lowest BCUT2D eigenvalue weighted by Gasteiger charge is -2.33. The third-order valence-corrected chi connectivity index (χ3v) is 6.44. The van der Waals surface area contributed by atoms with Crippen molar-refractivity contribution in [2.24, 2.45) is 5.92 Å². The Labute approximate surface area is 212 Å². The number of aliphatic hydroxyl groups excluding tert-OH is 1. The van der Waals surface area contributed by atoms with E-state index in [9.17, 15) is 14.3 Å². The highest BCUT2D eigenvalue weighted by atomic mass is 19.1. The van der Waals surface area contributed by atoms with Crippen molar-refractivity contribution in [3.8, 4) is 11.5 Å². The molecule has 0 amide bonds. The summed E-state index contributed by atoms with van der Waals surface area (Å²) in [6.07, 6.45) is 0. The number of hydrogen-bond donors (Lipinski definition) is 2. The minimum Gasteiger partial charge on any atom is -0.486 e. The van der Waals surface area contributed by atoms with Gasteiger partial charge in [0, 0.05) is 30.1 Å². The summed E-state index contributed by atoms with van der Waals surface area (Å²) in [6.45, 7) is 5.86. The Balaban J connectivity index is 1.47. The Morgan fingerprint density at radius 3 is 2.57 bits per heavy atom. The van der Waals surface area contributed by atoms with Crippen LogP contribution in [0.2, 0.25) is 0 Å². The van der Waals surface area contributed by atoms with Crippen LogP contribution in [0.25, 0.3) is 10.9 Å². The maximum Gasteiger partial charge on any atom is 0.252 e. The van der Waals surface area contributed by atoms with Crippen molar-refractivity contribution in [2.45, 2.75) is 33.0 Å². The van der Waals surface area contributed by atoms with Gasteiger partial charge in [-0.15, -0.1) is 5.10 Å². The number of fused-ring (bicyclic) bond motifs is 2. The molecule has 0 saturated heterocycles. The van der Waals surface area contributed by atoms with Gasteiger partial charge >= 0.3 is 0 Å². The predicted molar refractivity (Wildman–Crippen MR) is 134 cm³/mol. The number of aromatic nitrogens is 5. The van der Waals surface area contributed by atoms with Gasteiger partial charge in [-0.3, -0.25) is 9.69 Å². The first-order chi connectivity index (χ1) is 17.9. The second-order valence-corrected chi connectivity index (χ2v) is 9.41. The summed E-state index contributed by atoms with van der Waals surface area (Å²) in [5, 5.41) is 23.1. The first kappa shape index (κ1) is 24.8. The molecule has 0 aliphatic carbocycles. The Bertz CT molecular complexity index is 1440. The molecule has 0 spiro atoms. The number of aromatic amines is 1. The molecule has 0 radical (unpaired) electrons. The molecular formula is C26H29FN6O4. The molecule has 2 aromatic carbocycles. The van der Waals surface area contributed by atoms with Crippen LogP contribution < -0.4 is 15.0 Å². The van der Waals surface area contributed by atoms with E-state index in [2.05, 4.69) is 20.5 Å². The van der Waals surface area contributed by atoms with E-state index in [1.807, 2.05) is 30.9 Å². The molecule has 0 fully saturated rings. The zero-order valence-corrected chi connectivity index (χ0v) is 20.7. The summed E-state index contributed by atoms with van der Waals surface area (Å²) in [4.78, 5) is 18.0. The van der Waals surface area contributed by atoms with E-state index < -0.39 is 0 Å². The van der Waals surface area contributed by atoms with Crippen molar-refractivity contribution in [3.05, 3.63) is 75.6 Å². The molecule has 37 heavy (non-hydrogen) atoms. The summed E-state index contributed by atoms with van der Waals surface area (Å²) >= 11 is 0. The highest BCUT2D eigenvalue weighted by Crippen LogP contribution is 2.34. The van der Waals surface area contributed by atoms with E-state index >= 15 is 0 Å². The number of H-pyrrole nitrogens is 1. The van der Waals surface area contributed by atoms with Crippen molar-refractivity contribution >= 4 is 10.9 Å². The van der Waals surface area contributed by atoms with Gasteiger partial charge in [0.15, 0.2) is 17.3 Å². The smallest absolute Gasteiger partial charge is 0.252 e. The fourth-order valence-corrected chi connectivity index (χ4v) is 4.75. The largest absolute Gasteiger partial charge is 0.486 e. The lowest BCUT2D eigenvalue weighted by atomic mass is 10.00. The van der Waals surface area contributed by atoms with Crippen LogP contribution in [0, 0.1) is 11.7 Å². The number of aliphatic hydroxyl groups is 1. The Morgan fingerprint density at radius 1 is 1.14 bits per heavy atom. The summed E-state index contributed by atoms with van der Waals surface area (Å²) < 4.78 is 26.4. The average Bonchev–Trinajstić information content (AvgIpc) is 3.32. The maximum absolute atomic E-state index is 13.4. The van der Waals surface area contributed by atoms with Crippen molar-refractivity contribution in [1.29, 1.82) is 0 Å². The van der Waals surface area contributed by atoms with E-state index in [0.717, 1.165) is 10.9 Å². The molecule has 2 aromatic heterocycles. The highest BCUT2D eigenvalue weighted by molar-refractivity contribution is 5.83. The predicted octanol–water partition coefficient (Wildman–Crippen LogP) is 2.66. The topological polar surface area (TPSA) is 118 Å². The molecule has 2 N–H and O–H groups in total. The third kappa shape index (κ3) is 5.32. The molecule has 194 valence electrons. The Morgan fingerprint density at radius 2 is 1.86 bits per heavy atom. The average molecular weight is 509 g/mol. The van der Waals surface area contributed by atoms with Crippen LogP contribution in [0.3, 0.4) is 0 Å². The fourth-order valence-electron chi connectivity index (χ4n) is 4.75. The normalized spacial score (nSPS) is 14.0. The minimum absolute atomic E-state index is 0.0571. The van der Waals surface area contributed by atoms with Gasteiger partial charge in [-0.25, -0.2) is 9.07 Å². The summed E-state index contributed by atoms with van der Waals surface area (Å²) in [6, 6.07) is 11.4. The standard InChI is InChI=1S/C26H29FN6O4/c1-16(2)24(25-29-30-31-33(25)14-17-3-5-20(27)6-4-17)32(7-8-34)15-19-11-18-12-22-23(37-10-9-36-22)13-21(18)28-26(19)35/h3-6,11-13,16,24,34H,7-10,14-15H2,1-2H3,(H,28,35)/t24-/m1/s1. The molecule has 3 heterocycles. The SMILES string of the molecule is CC(C)[C@H](c1nnnn1Cc1ccc(F)cc1)N(CCO)Cc1cc2cc3c(cc2[nH]c1=O)OCCO3. The van der Waals surface area contributed by atoms with Crippen LogP contribution in [0.15, 0.2) is 47.3 Å². The van der Waals surface area contributed by atoms with Gasteiger partial charge < -0.3 is 19.6 Å². The number of rotatable bonds is 9. The quantitative estimate of drug-likeness (QED) is 0.354. The number of benzene rings is 2. The lowest BCUT2D eigenvalue weighted by Crippen LogP contribution is -2.37. The number of pyridine rings is 1. The van der Waals surface area contributed by atoms with Gasteiger partial charge in [0.1, 0.15) is 19.0 Å². The summed E-state index contributed by atoms with van der Waals surface area (Å²) in [5.41, 5.74) is 1.84. The van der Waals surface area contributed by atoms with Crippen LogP contribution in [-0.4, -0.2) is 61.6 Å². The molecule has 1 aliphatic rings. The number of hydrogen-bond acceptors (Lipinski definition) is 8. The molecule has 0 unspecified atom stereocenters. The molecule has 4 aromatic rings. The number of halogens is 1. The first-order valence-electron chi connectivity index (χ1n) is 12.2. The Kier molecular flexibility index (Phi) is 7.15. The van der Waals surface area contributed by atoms with E-state index in [1.54, 1.807) is 22.9 Å². The van der Waals surface area contributed by atoms with Crippen LogP contribution in [0.5, 0.6) is 11.5 Å². The van der Waals surface area contributed by atoms with Crippen molar-refractivity contribution in [1.82, 2.24) is 30.1 Å². The summed E-state index contributed by atoms with van der Waals surface area (Å²) in [7, 11) is 0. The van der Waals surface area contributed by atoms with E-state index in [0.29, 0.717) is 54.7 Å². The third-order valence-electron chi connectivity index (χ3n) is 6.44. The zero-order chi connectivity index (χ0) is 25.9. The molecular weight excluding hydrogens is 479 g/mol. The first-order valence-corrected chi connectivity index (χ1v) is 12.2. The second kappa shape index (κ2) is 10.7. The van der Waals surface area contributed by atoms with Gasteiger partial charge in [0.25, 0.3) is 5.56 Å². The molecule has 1 atom stereocenters. The summed E-state index contributed by atoms with van der Waals surface area (Å²) in [5.74, 6) is 1.60. The highest BCUT2D eigenvalue weighted by Gasteiger charge is 2.30. The molecule has 10 nitrogen and oxygen atoms in total. The van der Waals surface area contributed by atoms with E-state index in [-0.39, 0.29) is 36.5 Å². The van der Waals surface area contributed by atoms with Gasteiger partial charge in [-0.1, -0.05) is 26.0 Å². The van der Waals surface area contributed by atoms with Crippen molar-refractivity contribution < 1.29 is 19.0 Å².